The lowest BCUT2D eigenvalue weighted by Crippen LogP contribution is -1.92. The van der Waals surface area contributed by atoms with Crippen LogP contribution in [0.4, 0.5) is 5.69 Å². The molecule has 1 aromatic heterocycles. The lowest BCUT2D eigenvalue weighted by Gasteiger charge is -1.98. The third-order valence-corrected chi connectivity index (χ3v) is 3.60. The van der Waals surface area contributed by atoms with Crippen LogP contribution < -0.4 is 0 Å². The van der Waals surface area contributed by atoms with Crippen molar-refractivity contribution in [3.05, 3.63) is 58.1 Å². The molecule has 0 amide bonds. The summed E-state index contributed by atoms with van der Waals surface area (Å²) < 4.78 is 5.56. The van der Waals surface area contributed by atoms with Crippen molar-refractivity contribution in [2.45, 2.75) is 10.1 Å². The van der Waals surface area contributed by atoms with Crippen LogP contribution in [0.25, 0.3) is 11.1 Å². The van der Waals surface area contributed by atoms with Crippen LogP contribution in [0, 0.1) is 21.4 Å². The third kappa shape index (κ3) is 2.57. The van der Waals surface area contributed by atoms with Gasteiger partial charge in [-0.15, -0.1) is 0 Å². The predicted molar refractivity (Wildman–Crippen MR) is 75.9 cm³/mol. The van der Waals surface area contributed by atoms with Crippen molar-refractivity contribution in [3.63, 3.8) is 0 Å². The highest BCUT2D eigenvalue weighted by Gasteiger charge is 2.15. The lowest BCUT2D eigenvalue weighted by molar-refractivity contribution is -0.385. The van der Waals surface area contributed by atoms with Crippen molar-refractivity contribution in [1.82, 2.24) is 4.98 Å². The molecule has 0 radical (unpaired) electrons. The molecule has 0 aliphatic carbocycles. The molecule has 21 heavy (non-hydrogen) atoms. The first-order chi connectivity index (χ1) is 10.2. The highest BCUT2D eigenvalue weighted by Crippen LogP contribution is 2.32. The molecule has 0 bridgehead atoms. The quantitative estimate of drug-likeness (QED) is 0.539. The van der Waals surface area contributed by atoms with Crippen molar-refractivity contribution < 1.29 is 9.34 Å². The molecule has 2 aromatic carbocycles. The molecule has 3 rings (SSSR count). The van der Waals surface area contributed by atoms with E-state index in [1.807, 2.05) is 30.3 Å². The van der Waals surface area contributed by atoms with E-state index in [4.69, 9.17) is 9.68 Å². The number of rotatable bonds is 3. The minimum Gasteiger partial charge on any atom is -0.431 e. The van der Waals surface area contributed by atoms with Gasteiger partial charge in [-0.25, -0.2) is 4.98 Å². The van der Waals surface area contributed by atoms with E-state index in [0.29, 0.717) is 15.7 Å². The van der Waals surface area contributed by atoms with Crippen LogP contribution in [-0.4, -0.2) is 9.91 Å². The smallest absolute Gasteiger partial charge is 0.287 e. The average molecular weight is 297 g/mol. The van der Waals surface area contributed by atoms with E-state index in [-0.39, 0.29) is 11.3 Å². The zero-order valence-electron chi connectivity index (χ0n) is 10.5. The van der Waals surface area contributed by atoms with Crippen molar-refractivity contribution in [3.8, 4) is 6.07 Å². The number of benzene rings is 2. The van der Waals surface area contributed by atoms with Gasteiger partial charge in [0.1, 0.15) is 17.1 Å². The summed E-state index contributed by atoms with van der Waals surface area (Å²) in [4.78, 5) is 15.2. The van der Waals surface area contributed by atoms with Gasteiger partial charge < -0.3 is 4.42 Å². The first-order valence-corrected chi connectivity index (χ1v) is 6.71. The molecular formula is C14H7N3O3S. The molecule has 0 aliphatic rings. The molecule has 7 heteroatoms. The Morgan fingerprint density at radius 1 is 1.29 bits per heavy atom. The Morgan fingerprint density at radius 2 is 2.10 bits per heavy atom. The molecule has 0 N–H and O–H groups in total. The topological polar surface area (TPSA) is 93.0 Å². The van der Waals surface area contributed by atoms with E-state index >= 15 is 0 Å². The van der Waals surface area contributed by atoms with Gasteiger partial charge in [-0.1, -0.05) is 12.1 Å². The number of aromatic nitrogens is 1. The largest absolute Gasteiger partial charge is 0.431 e. The Labute approximate surface area is 123 Å². The number of nitriles is 1. The van der Waals surface area contributed by atoms with Gasteiger partial charge >= 0.3 is 0 Å². The number of nitro benzene ring substituents is 1. The predicted octanol–water partition coefficient (Wildman–Crippen LogP) is 3.76. The number of para-hydroxylation sites is 2. The summed E-state index contributed by atoms with van der Waals surface area (Å²) in [7, 11) is 0. The number of fused-ring (bicyclic) bond motifs is 1. The maximum atomic E-state index is 10.8. The fraction of sp³-hybridized carbons (Fsp3) is 0. The zero-order chi connectivity index (χ0) is 14.8. The molecule has 0 saturated carbocycles. The minimum atomic E-state index is -0.577. The van der Waals surface area contributed by atoms with Crippen molar-refractivity contribution in [1.29, 1.82) is 5.26 Å². The Balaban J connectivity index is 1.94. The van der Waals surface area contributed by atoms with E-state index in [9.17, 15) is 10.1 Å². The van der Waals surface area contributed by atoms with Gasteiger partial charge in [0.25, 0.3) is 10.9 Å². The van der Waals surface area contributed by atoms with Crippen molar-refractivity contribution in [2.24, 2.45) is 0 Å². The first kappa shape index (κ1) is 13.1. The Hall–Kier alpha value is -2.85. The van der Waals surface area contributed by atoms with E-state index < -0.39 is 4.92 Å². The summed E-state index contributed by atoms with van der Waals surface area (Å²) in [5.41, 5.74) is 1.21. The SMILES string of the molecule is N#Cc1cc(Sc2nc3ccccc3o2)ccc1[N+](=O)[O-]. The lowest BCUT2D eigenvalue weighted by atomic mass is 10.2. The molecule has 1 heterocycles. The average Bonchev–Trinajstić information content (AvgIpc) is 2.88. The van der Waals surface area contributed by atoms with Crippen LogP contribution in [0.15, 0.2) is 57.0 Å². The molecule has 0 fully saturated rings. The summed E-state index contributed by atoms with van der Waals surface area (Å²) in [5, 5.41) is 20.2. The second-order valence-electron chi connectivity index (χ2n) is 4.10. The number of oxazole rings is 1. The highest BCUT2D eigenvalue weighted by molar-refractivity contribution is 7.99. The van der Waals surface area contributed by atoms with Crippen molar-refractivity contribution in [2.75, 3.05) is 0 Å². The fourth-order valence-electron chi connectivity index (χ4n) is 1.82. The molecule has 0 spiro atoms. The molecule has 0 saturated heterocycles. The molecule has 6 nitrogen and oxygen atoms in total. The second kappa shape index (κ2) is 5.26. The zero-order valence-corrected chi connectivity index (χ0v) is 11.3. The highest BCUT2D eigenvalue weighted by atomic mass is 32.2. The van der Waals surface area contributed by atoms with Gasteiger partial charge in [0.15, 0.2) is 5.58 Å². The van der Waals surface area contributed by atoms with Crippen LogP contribution in [0.1, 0.15) is 5.56 Å². The van der Waals surface area contributed by atoms with Crippen molar-refractivity contribution >= 4 is 28.5 Å². The normalized spacial score (nSPS) is 10.4. The molecule has 0 aliphatic heterocycles. The van der Waals surface area contributed by atoms with Crippen LogP contribution in [0.5, 0.6) is 0 Å². The van der Waals surface area contributed by atoms with Gasteiger partial charge in [-0.05, 0) is 36.0 Å². The molecular weight excluding hydrogens is 290 g/mol. The van der Waals surface area contributed by atoms with Crippen LogP contribution in [0.2, 0.25) is 0 Å². The van der Waals surface area contributed by atoms with Crippen LogP contribution >= 0.6 is 11.8 Å². The number of nitro groups is 1. The Bertz CT molecular complexity index is 850. The van der Waals surface area contributed by atoms with E-state index in [1.54, 1.807) is 6.07 Å². The fourth-order valence-corrected chi connectivity index (χ4v) is 2.61. The Kier molecular flexibility index (Phi) is 3.30. The molecule has 0 unspecified atom stereocenters. The third-order valence-electron chi connectivity index (χ3n) is 2.76. The summed E-state index contributed by atoms with van der Waals surface area (Å²) in [5.74, 6) is 0. The van der Waals surface area contributed by atoms with Crippen LogP contribution in [-0.2, 0) is 0 Å². The number of hydrogen-bond donors (Lipinski definition) is 0. The Morgan fingerprint density at radius 3 is 2.81 bits per heavy atom. The van der Waals surface area contributed by atoms with E-state index in [2.05, 4.69) is 4.98 Å². The number of hydrogen-bond acceptors (Lipinski definition) is 6. The molecule has 0 atom stereocenters. The van der Waals surface area contributed by atoms with Gasteiger partial charge in [0.2, 0.25) is 0 Å². The van der Waals surface area contributed by atoms with Gasteiger partial charge in [-0.2, -0.15) is 5.26 Å². The summed E-state index contributed by atoms with van der Waals surface area (Å²) in [6.45, 7) is 0. The maximum absolute atomic E-state index is 10.8. The van der Waals surface area contributed by atoms with Gasteiger partial charge in [-0.3, -0.25) is 10.1 Å². The van der Waals surface area contributed by atoms with Gasteiger partial charge in [0, 0.05) is 11.0 Å². The maximum Gasteiger partial charge on any atom is 0.287 e. The standard InChI is InChI=1S/C14H7N3O3S/c15-8-9-7-10(5-6-12(9)17(18)19)21-14-16-11-3-1-2-4-13(11)20-14/h1-7H. The first-order valence-electron chi connectivity index (χ1n) is 5.89. The summed E-state index contributed by atoms with van der Waals surface area (Å²) in [6, 6.07) is 13.5. The summed E-state index contributed by atoms with van der Waals surface area (Å²) >= 11 is 1.21. The van der Waals surface area contributed by atoms with E-state index in [0.717, 1.165) is 5.52 Å². The minimum absolute atomic E-state index is 0.0149. The van der Waals surface area contributed by atoms with Crippen LogP contribution in [0.3, 0.4) is 0 Å². The molecule has 3 aromatic rings. The monoisotopic (exact) mass is 297 g/mol. The molecule has 102 valence electrons. The summed E-state index contributed by atoms with van der Waals surface area (Å²) in [6.07, 6.45) is 0. The second-order valence-corrected chi connectivity index (χ2v) is 5.12. The van der Waals surface area contributed by atoms with E-state index in [1.165, 1.54) is 23.9 Å². The number of nitrogens with zero attached hydrogens (tertiary/aromatic N) is 3. The van der Waals surface area contributed by atoms with Gasteiger partial charge in [0.05, 0.1) is 4.92 Å².